The molecule has 0 radical (unpaired) electrons. The summed E-state index contributed by atoms with van der Waals surface area (Å²) >= 11 is 0. The average molecular weight is 401 g/mol. The first-order valence-corrected chi connectivity index (χ1v) is 10.1. The number of aromatic amines is 1. The van der Waals surface area contributed by atoms with Gasteiger partial charge in [0.05, 0.1) is 11.6 Å². The Kier molecular flexibility index (Phi) is 5.40. The zero-order valence-corrected chi connectivity index (χ0v) is 17.0. The Morgan fingerprint density at radius 1 is 1.24 bits per heavy atom. The van der Waals surface area contributed by atoms with Crippen LogP contribution in [-0.2, 0) is 9.53 Å². The van der Waals surface area contributed by atoms with E-state index in [0.29, 0.717) is 54.9 Å². The molecule has 2 aromatic heterocycles. The van der Waals surface area contributed by atoms with Crippen molar-refractivity contribution in [3.05, 3.63) is 34.8 Å². The quantitative estimate of drug-likeness (QED) is 0.808. The summed E-state index contributed by atoms with van der Waals surface area (Å²) < 4.78 is 10.9. The smallest absolute Gasteiger partial charge is 0.258 e. The van der Waals surface area contributed by atoms with Gasteiger partial charge in [0.2, 0.25) is 5.91 Å². The van der Waals surface area contributed by atoms with Gasteiger partial charge in [0.1, 0.15) is 17.3 Å². The Bertz CT molecular complexity index is 899. The highest BCUT2D eigenvalue weighted by Crippen LogP contribution is 2.33. The lowest BCUT2D eigenvalue weighted by atomic mass is 9.99. The number of furan rings is 1. The molecule has 9 heteroatoms. The van der Waals surface area contributed by atoms with Crippen LogP contribution in [0.4, 0.5) is 0 Å². The van der Waals surface area contributed by atoms with Gasteiger partial charge in [-0.3, -0.25) is 14.7 Å². The first-order valence-electron chi connectivity index (χ1n) is 10.1. The second-order valence-electron chi connectivity index (χ2n) is 7.91. The van der Waals surface area contributed by atoms with E-state index >= 15 is 0 Å². The molecule has 2 atom stereocenters. The zero-order chi connectivity index (χ0) is 20.5. The number of aryl methyl sites for hydroxylation is 3. The van der Waals surface area contributed by atoms with Gasteiger partial charge in [0.25, 0.3) is 5.91 Å². The van der Waals surface area contributed by atoms with Crippen molar-refractivity contribution >= 4 is 11.8 Å². The van der Waals surface area contributed by atoms with E-state index in [1.807, 2.05) is 13.8 Å². The Labute approximate surface area is 169 Å². The second-order valence-corrected chi connectivity index (χ2v) is 7.91. The highest BCUT2D eigenvalue weighted by molar-refractivity contribution is 5.96. The molecule has 0 unspecified atom stereocenters. The van der Waals surface area contributed by atoms with Gasteiger partial charge in [-0.25, -0.2) is 4.98 Å². The highest BCUT2D eigenvalue weighted by Gasteiger charge is 2.40. The molecule has 4 rings (SSSR count). The van der Waals surface area contributed by atoms with E-state index in [2.05, 4.69) is 20.5 Å². The maximum absolute atomic E-state index is 13.3. The molecule has 2 fully saturated rings. The van der Waals surface area contributed by atoms with Gasteiger partial charge < -0.3 is 19.4 Å². The second kappa shape index (κ2) is 7.98. The van der Waals surface area contributed by atoms with Crippen LogP contribution < -0.4 is 5.32 Å². The van der Waals surface area contributed by atoms with E-state index in [9.17, 15) is 9.59 Å². The number of hydrogen-bond acceptors (Lipinski definition) is 6. The third-order valence-electron chi connectivity index (χ3n) is 5.68. The normalized spacial score (nSPS) is 22.8. The predicted molar refractivity (Wildman–Crippen MR) is 103 cm³/mol. The minimum Gasteiger partial charge on any atom is -0.466 e. The summed E-state index contributed by atoms with van der Waals surface area (Å²) in [7, 11) is 0. The van der Waals surface area contributed by atoms with E-state index in [1.54, 1.807) is 17.9 Å². The van der Waals surface area contributed by atoms with Crippen molar-refractivity contribution in [3.8, 4) is 0 Å². The minimum absolute atomic E-state index is 0.0310. The van der Waals surface area contributed by atoms with Crippen LogP contribution in [0.2, 0.25) is 0 Å². The molecule has 0 saturated carbocycles. The lowest BCUT2D eigenvalue weighted by Gasteiger charge is -2.23. The SMILES string of the molecule is Cc1nc([C@@H]2C[C@H](NC(=O)C3CCOCC3)CN2C(=O)c2cc(C)oc2C)n[nH]1. The number of aromatic nitrogens is 3. The molecular weight excluding hydrogens is 374 g/mol. The van der Waals surface area contributed by atoms with Gasteiger partial charge in [-0.05, 0) is 46.1 Å². The number of ether oxygens (including phenoxy) is 1. The van der Waals surface area contributed by atoms with Gasteiger partial charge in [0.15, 0.2) is 5.82 Å². The lowest BCUT2D eigenvalue weighted by molar-refractivity contribution is -0.128. The maximum Gasteiger partial charge on any atom is 0.258 e. The number of nitrogens with one attached hydrogen (secondary N) is 2. The highest BCUT2D eigenvalue weighted by atomic mass is 16.5. The van der Waals surface area contributed by atoms with Gasteiger partial charge >= 0.3 is 0 Å². The molecule has 0 spiro atoms. The summed E-state index contributed by atoms with van der Waals surface area (Å²) in [4.78, 5) is 32.1. The summed E-state index contributed by atoms with van der Waals surface area (Å²) in [5, 5.41) is 10.3. The topological polar surface area (TPSA) is 113 Å². The average Bonchev–Trinajstić information content (AvgIpc) is 3.40. The van der Waals surface area contributed by atoms with Crippen LogP contribution in [0, 0.1) is 26.7 Å². The molecule has 2 aliphatic heterocycles. The minimum atomic E-state index is -0.304. The van der Waals surface area contributed by atoms with Crippen molar-refractivity contribution in [1.82, 2.24) is 25.4 Å². The molecule has 0 aliphatic carbocycles. The first kappa shape index (κ1) is 19.6. The molecule has 29 heavy (non-hydrogen) atoms. The molecular formula is C20H27N5O4. The maximum atomic E-state index is 13.3. The number of nitrogens with zero attached hydrogens (tertiary/aromatic N) is 3. The first-order chi connectivity index (χ1) is 13.9. The summed E-state index contributed by atoms with van der Waals surface area (Å²) in [6.45, 7) is 7.08. The zero-order valence-electron chi connectivity index (χ0n) is 17.0. The summed E-state index contributed by atoms with van der Waals surface area (Å²) in [6, 6.07) is 1.31. The summed E-state index contributed by atoms with van der Waals surface area (Å²) in [5.41, 5.74) is 0.538. The lowest BCUT2D eigenvalue weighted by Crippen LogP contribution is -2.42. The Morgan fingerprint density at radius 3 is 2.62 bits per heavy atom. The van der Waals surface area contributed by atoms with Crippen LogP contribution in [0.1, 0.15) is 58.8 Å². The number of amides is 2. The third-order valence-corrected chi connectivity index (χ3v) is 5.68. The van der Waals surface area contributed by atoms with Gasteiger partial charge in [-0.2, -0.15) is 5.10 Å². The van der Waals surface area contributed by atoms with Gasteiger partial charge in [-0.15, -0.1) is 0 Å². The molecule has 2 aromatic rings. The molecule has 156 valence electrons. The van der Waals surface area contributed by atoms with Crippen LogP contribution in [-0.4, -0.2) is 57.7 Å². The van der Waals surface area contributed by atoms with Crippen molar-refractivity contribution in [2.45, 2.75) is 52.1 Å². The van der Waals surface area contributed by atoms with E-state index < -0.39 is 0 Å². The molecule has 9 nitrogen and oxygen atoms in total. The van der Waals surface area contributed by atoms with Crippen molar-refractivity contribution in [2.24, 2.45) is 5.92 Å². The van der Waals surface area contributed by atoms with Crippen molar-refractivity contribution in [2.75, 3.05) is 19.8 Å². The Morgan fingerprint density at radius 2 is 2.00 bits per heavy atom. The number of carbonyl (C=O) groups is 2. The Balaban J connectivity index is 1.53. The fourth-order valence-corrected chi connectivity index (χ4v) is 4.20. The summed E-state index contributed by atoms with van der Waals surface area (Å²) in [5.74, 6) is 2.42. The van der Waals surface area contributed by atoms with E-state index in [0.717, 1.165) is 12.8 Å². The monoisotopic (exact) mass is 401 g/mol. The molecule has 2 saturated heterocycles. The molecule has 4 heterocycles. The standard InChI is InChI=1S/C20H27N5O4/c1-11-8-16(12(2)29-11)20(27)25-10-15(9-17(25)18-21-13(3)23-24-18)22-19(26)14-4-6-28-7-5-14/h8,14-15,17H,4-7,9-10H2,1-3H3,(H,22,26)(H,21,23,24)/t15-,17-/m0/s1. The summed E-state index contributed by atoms with van der Waals surface area (Å²) in [6.07, 6.45) is 2.05. The number of H-pyrrole nitrogens is 1. The van der Waals surface area contributed by atoms with Crippen molar-refractivity contribution < 1.29 is 18.7 Å². The van der Waals surface area contributed by atoms with Crippen LogP contribution in [0.25, 0.3) is 0 Å². The van der Waals surface area contributed by atoms with Gasteiger partial charge in [0, 0.05) is 31.7 Å². The van der Waals surface area contributed by atoms with Crippen LogP contribution in [0.5, 0.6) is 0 Å². The van der Waals surface area contributed by atoms with Crippen molar-refractivity contribution in [3.63, 3.8) is 0 Å². The van der Waals surface area contributed by atoms with Crippen LogP contribution in [0.15, 0.2) is 10.5 Å². The molecule has 2 N–H and O–H groups in total. The fourth-order valence-electron chi connectivity index (χ4n) is 4.20. The predicted octanol–water partition coefficient (Wildman–Crippen LogP) is 1.82. The van der Waals surface area contributed by atoms with E-state index in [1.165, 1.54) is 0 Å². The van der Waals surface area contributed by atoms with Crippen LogP contribution in [0.3, 0.4) is 0 Å². The number of rotatable bonds is 4. The van der Waals surface area contributed by atoms with Gasteiger partial charge in [-0.1, -0.05) is 0 Å². The number of likely N-dealkylation sites (tertiary alicyclic amines) is 1. The molecule has 2 aliphatic rings. The number of hydrogen-bond donors (Lipinski definition) is 2. The number of carbonyl (C=O) groups excluding carboxylic acids is 2. The van der Waals surface area contributed by atoms with Crippen LogP contribution >= 0.6 is 0 Å². The molecule has 0 bridgehead atoms. The fraction of sp³-hybridized carbons (Fsp3) is 0.600. The largest absolute Gasteiger partial charge is 0.466 e. The van der Waals surface area contributed by atoms with Crippen molar-refractivity contribution in [1.29, 1.82) is 0 Å². The van der Waals surface area contributed by atoms with E-state index in [-0.39, 0.29) is 29.8 Å². The molecule has 2 amide bonds. The Hall–Kier alpha value is -2.68. The molecule has 0 aromatic carbocycles. The third kappa shape index (κ3) is 4.05. The van der Waals surface area contributed by atoms with E-state index in [4.69, 9.17) is 9.15 Å².